The van der Waals surface area contributed by atoms with Crippen LogP contribution in [0.5, 0.6) is 0 Å². The Morgan fingerprint density at radius 3 is 2.65 bits per heavy atom. The highest BCUT2D eigenvalue weighted by Gasteiger charge is 1.98. The van der Waals surface area contributed by atoms with E-state index < -0.39 is 0 Å². The lowest BCUT2D eigenvalue weighted by Gasteiger charge is -1.99. The Labute approximate surface area is 118 Å². The van der Waals surface area contributed by atoms with Crippen LogP contribution in [0.15, 0.2) is 48.7 Å². The van der Waals surface area contributed by atoms with Gasteiger partial charge in [-0.05, 0) is 31.2 Å². The zero-order valence-corrected chi connectivity index (χ0v) is 11.3. The topological polar surface area (TPSA) is 39.2 Å². The van der Waals surface area contributed by atoms with E-state index in [2.05, 4.69) is 16.8 Å². The summed E-state index contributed by atoms with van der Waals surface area (Å²) in [7, 11) is 0. The lowest BCUT2D eigenvalue weighted by molar-refractivity contribution is -0.141. The molecule has 0 amide bonds. The van der Waals surface area contributed by atoms with Crippen LogP contribution in [0, 0.1) is 11.8 Å². The minimum atomic E-state index is -0.287. The predicted octanol–water partition coefficient (Wildman–Crippen LogP) is 3.05. The van der Waals surface area contributed by atoms with Gasteiger partial charge in [-0.25, -0.2) is 0 Å². The molecule has 0 aliphatic rings. The largest absolute Gasteiger partial charge is 0.465 e. The quantitative estimate of drug-likeness (QED) is 0.632. The Hall–Kier alpha value is -2.60. The van der Waals surface area contributed by atoms with Crippen molar-refractivity contribution in [3.05, 3.63) is 54.2 Å². The molecule has 20 heavy (non-hydrogen) atoms. The standard InChI is InChI=1S/C17H15NO2/c1-2-20-17(19)8-5-6-14-9-11-15(12-10-14)16-7-3-4-13-18-16/h3-4,7,9-13H,2,8H2,1H3. The minimum Gasteiger partial charge on any atom is -0.465 e. The highest BCUT2D eigenvalue weighted by atomic mass is 16.5. The van der Waals surface area contributed by atoms with Gasteiger partial charge in [0.2, 0.25) is 0 Å². The number of hydrogen-bond donors (Lipinski definition) is 0. The molecule has 0 saturated heterocycles. The second kappa shape index (κ2) is 7.10. The minimum absolute atomic E-state index is 0.121. The van der Waals surface area contributed by atoms with Gasteiger partial charge >= 0.3 is 5.97 Å². The number of aromatic nitrogens is 1. The Morgan fingerprint density at radius 1 is 1.20 bits per heavy atom. The van der Waals surface area contributed by atoms with Crippen molar-refractivity contribution < 1.29 is 9.53 Å². The molecule has 0 aliphatic heterocycles. The van der Waals surface area contributed by atoms with Gasteiger partial charge in [-0.15, -0.1) is 0 Å². The summed E-state index contributed by atoms with van der Waals surface area (Å²) in [5.74, 6) is 5.46. The van der Waals surface area contributed by atoms with Gasteiger partial charge in [-0.1, -0.05) is 30.0 Å². The van der Waals surface area contributed by atoms with Gasteiger partial charge in [-0.3, -0.25) is 9.78 Å². The van der Waals surface area contributed by atoms with Gasteiger partial charge in [0.25, 0.3) is 0 Å². The maximum absolute atomic E-state index is 11.1. The lowest BCUT2D eigenvalue weighted by Crippen LogP contribution is -2.01. The number of carbonyl (C=O) groups excluding carboxylic acids is 1. The van der Waals surface area contributed by atoms with Crippen LogP contribution in [-0.2, 0) is 9.53 Å². The highest BCUT2D eigenvalue weighted by Crippen LogP contribution is 2.16. The molecule has 0 bridgehead atoms. The van der Waals surface area contributed by atoms with Crippen LogP contribution in [0.3, 0.4) is 0 Å². The van der Waals surface area contributed by atoms with E-state index in [9.17, 15) is 4.79 Å². The van der Waals surface area contributed by atoms with E-state index in [4.69, 9.17) is 4.74 Å². The van der Waals surface area contributed by atoms with Crippen LogP contribution >= 0.6 is 0 Å². The molecule has 0 N–H and O–H groups in total. The third-order valence-corrected chi connectivity index (χ3v) is 2.62. The predicted molar refractivity (Wildman–Crippen MR) is 77.8 cm³/mol. The van der Waals surface area contributed by atoms with E-state index in [0.29, 0.717) is 6.61 Å². The van der Waals surface area contributed by atoms with E-state index in [1.165, 1.54) is 0 Å². The molecule has 0 fully saturated rings. The summed E-state index contributed by atoms with van der Waals surface area (Å²) in [4.78, 5) is 15.4. The van der Waals surface area contributed by atoms with Crippen molar-refractivity contribution in [3.63, 3.8) is 0 Å². The molecule has 0 saturated carbocycles. The Morgan fingerprint density at radius 2 is 2.00 bits per heavy atom. The second-order valence-corrected chi connectivity index (χ2v) is 4.08. The molecule has 1 heterocycles. The zero-order chi connectivity index (χ0) is 14.2. The van der Waals surface area contributed by atoms with Gasteiger partial charge in [-0.2, -0.15) is 0 Å². The van der Waals surface area contributed by atoms with Crippen molar-refractivity contribution in [3.8, 4) is 23.1 Å². The number of ether oxygens (including phenoxy) is 1. The first kappa shape index (κ1) is 13.8. The van der Waals surface area contributed by atoms with Crippen molar-refractivity contribution in [1.29, 1.82) is 0 Å². The van der Waals surface area contributed by atoms with E-state index in [1.807, 2.05) is 42.5 Å². The van der Waals surface area contributed by atoms with E-state index in [1.54, 1.807) is 13.1 Å². The first-order valence-corrected chi connectivity index (χ1v) is 6.45. The highest BCUT2D eigenvalue weighted by molar-refractivity contribution is 5.72. The third kappa shape index (κ3) is 3.96. The third-order valence-electron chi connectivity index (χ3n) is 2.62. The van der Waals surface area contributed by atoms with Gasteiger partial charge in [0.05, 0.1) is 12.3 Å². The fourth-order valence-corrected chi connectivity index (χ4v) is 1.69. The van der Waals surface area contributed by atoms with Gasteiger partial charge in [0.1, 0.15) is 6.42 Å². The fraction of sp³-hybridized carbons (Fsp3) is 0.176. The molecular formula is C17H15NO2. The van der Waals surface area contributed by atoms with Crippen LogP contribution in [0.2, 0.25) is 0 Å². The summed E-state index contributed by atoms with van der Waals surface area (Å²) in [5.41, 5.74) is 2.84. The molecule has 0 unspecified atom stereocenters. The van der Waals surface area contributed by atoms with Gasteiger partial charge in [0.15, 0.2) is 0 Å². The SMILES string of the molecule is CCOC(=O)CC#Cc1ccc(-c2ccccn2)cc1. The number of hydrogen-bond acceptors (Lipinski definition) is 3. The smallest absolute Gasteiger partial charge is 0.317 e. The van der Waals surface area contributed by atoms with Crippen LogP contribution in [0.1, 0.15) is 18.9 Å². The molecule has 0 aliphatic carbocycles. The maximum Gasteiger partial charge on any atom is 0.317 e. The second-order valence-electron chi connectivity index (χ2n) is 4.08. The van der Waals surface area contributed by atoms with Crippen molar-refractivity contribution in [2.75, 3.05) is 6.61 Å². The Balaban J connectivity index is 2.02. The summed E-state index contributed by atoms with van der Waals surface area (Å²) in [6, 6.07) is 13.6. The van der Waals surface area contributed by atoms with Crippen molar-refractivity contribution in [2.24, 2.45) is 0 Å². The summed E-state index contributed by atoms with van der Waals surface area (Å²) in [5, 5.41) is 0. The average molecular weight is 265 g/mol. The lowest BCUT2D eigenvalue weighted by atomic mass is 10.1. The number of esters is 1. The summed E-state index contributed by atoms with van der Waals surface area (Å²) in [6.07, 6.45) is 1.89. The van der Waals surface area contributed by atoms with Crippen LogP contribution in [-0.4, -0.2) is 17.6 Å². The zero-order valence-electron chi connectivity index (χ0n) is 11.3. The summed E-state index contributed by atoms with van der Waals surface area (Å²) >= 11 is 0. The first-order chi connectivity index (χ1) is 9.79. The van der Waals surface area contributed by atoms with Crippen LogP contribution < -0.4 is 0 Å². The number of benzene rings is 1. The molecule has 0 atom stereocenters. The summed E-state index contributed by atoms with van der Waals surface area (Å²) < 4.78 is 4.81. The van der Waals surface area contributed by atoms with Gasteiger partial charge in [0, 0.05) is 17.3 Å². The number of nitrogens with zero attached hydrogens (tertiary/aromatic N) is 1. The molecule has 1 aromatic heterocycles. The van der Waals surface area contributed by atoms with Crippen molar-refractivity contribution in [1.82, 2.24) is 4.98 Å². The monoisotopic (exact) mass is 265 g/mol. The molecular weight excluding hydrogens is 250 g/mol. The molecule has 0 radical (unpaired) electrons. The molecule has 3 nitrogen and oxygen atoms in total. The van der Waals surface area contributed by atoms with Crippen molar-refractivity contribution >= 4 is 5.97 Å². The number of pyridine rings is 1. The maximum atomic E-state index is 11.1. The van der Waals surface area contributed by atoms with Crippen molar-refractivity contribution in [2.45, 2.75) is 13.3 Å². The fourth-order valence-electron chi connectivity index (χ4n) is 1.69. The molecule has 2 aromatic rings. The Bertz CT molecular complexity index is 622. The van der Waals surface area contributed by atoms with Crippen LogP contribution in [0.25, 0.3) is 11.3 Å². The van der Waals surface area contributed by atoms with E-state index in [0.717, 1.165) is 16.8 Å². The van der Waals surface area contributed by atoms with Gasteiger partial charge < -0.3 is 4.74 Å². The number of carbonyl (C=O) groups is 1. The summed E-state index contributed by atoms with van der Waals surface area (Å²) in [6.45, 7) is 2.17. The van der Waals surface area contributed by atoms with E-state index in [-0.39, 0.29) is 12.4 Å². The number of rotatable bonds is 3. The molecule has 100 valence electrons. The molecule has 1 aromatic carbocycles. The average Bonchev–Trinajstić information content (AvgIpc) is 2.49. The Kier molecular flexibility index (Phi) is 4.91. The van der Waals surface area contributed by atoms with Crippen LogP contribution in [0.4, 0.5) is 0 Å². The normalized spacial score (nSPS) is 9.45. The molecule has 0 spiro atoms. The molecule has 2 rings (SSSR count). The first-order valence-electron chi connectivity index (χ1n) is 6.45. The molecule has 3 heteroatoms. The van der Waals surface area contributed by atoms with E-state index >= 15 is 0 Å².